The van der Waals surface area contributed by atoms with Crippen LogP contribution in [-0.4, -0.2) is 6.54 Å². The Balaban J connectivity index is 2.19. The summed E-state index contributed by atoms with van der Waals surface area (Å²) in [5, 5.41) is 0. The van der Waals surface area contributed by atoms with E-state index in [1.807, 2.05) is 0 Å². The molecule has 0 aromatic heterocycles. The first-order valence-electron chi connectivity index (χ1n) is 7.40. The maximum absolute atomic E-state index is 3.68. The van der Waals surface area contributed by atoms with E-state index in [4.69, 9.17) is 0 Å². The molecule has 0 aliphatic heterocycles. The van der Waals surface area contributed by atoms with Crippen LogP contribution >= 0.6 is 15.9 Å². The Morgan fingerprint density at radius 3 is 2.25 bits per heavy atom. The summed E-state index contributed by atoms with van der Waals surface area (Å²) in [4.78, 5) is 2.40. The molecule has 0 atom stereocenters. The number of benzene rings is 2. The van der Waals surface area contributed by atoms with Crippen molar-refractivity contribution in [2.75, 3.05) is 11.4 Å². The molecule has 20 heavy (non-hydrogen) atoms. The molecule has 2 rings (SSSR count). The van der Waals surface area contributed by atoms with Crippen molar-refractivity contribution >= 4 is 27.3 Å². The predicted molar refractivity (Wildman–Crippen MR) is 91.7 cm³/mol. The number of halogens is 1. The molecule has 2 aromatic rings. The summed E-state index contributed by atoms with van der Waals surface area (Å²) in [5.41, 5.74) is 2.51. The van der Waals surface area contributed by atoms with E-state index in [9.17, 15) is 0 Å². The van der Waals surface area contributed by atoms with E-state index in [-0.39, 0.29) is 0 Å². The van der Waals surface area contributed by atoms with Crippen LogP contribution in [0, 0.1) is 0 Å². The maximum atomic E-state index is 3.68. The average molecular weight is 332 g/mol. The van der Waals surface area contributed by atoms with Gasteiger partial charge in [-0.05, 0) is 46.6 Å². The van der Waals surface area contributed by atoms with Crippen molar-refractivity contribution in [2.24, 2.45) is 0 Å². The fourth-order valence-electron chi connectivity index (χ4n) is 2.36. The van der Waals surface area contributed by atoms with Crippen LogP contribution in [0.25, 0.3) is 0 Å². The van der Waals surface area contributed by atoms with E-state index < -0.39 is 0 Å². The molecular formula is C18H22BrN. The molecule has 0 aliphatic rings. The highest BCUT2D eigenvalue weighted by atomic mass is 79.9. The van der Waals surface area contributed by atoms with Crippen LogP contribution in [-0.2, 0) is 0 Å². The molecule has 0 radical (unpaired) electrons. The Kier molecular flexibility index (Phi) is 6.13. The summed E-state index contributed by atoms with van der Waals surface area (Å²) in [6.45, 7) is 3.31. The highest BCUT2D eigenvalue weighted by Gasteiger charge is 2.11. The summed E-state index contributed by atoms with van der Waals surface area (Å²) in [5.74, 6) is 0. The minimum atomic E-state index is 1.06. The Morgan fingerprint density at radius 1 is 0.850 bits per heavy atom. The van der Waals surface area contributed by atoms with Gasteiger partial charge in [0.25, 0.3) is 0 Å². The van der Waals surface area contributed by atoms with Gasteiger partial charge in [0, 0.05) is 16.7 Å². The Bertz CT molecular complexity index is 510. The molecular weight excluding hydrogens is 310 g/mol. The molecule has 0 spiro atoms. The number of unbranched alkanes of at least 4 members (excludes halogenated alkanes) is 3. The number of nitrogens with zero attached hydrogens (tertiary/aromatic N) is 1. The minimum Gasteiger partial charge on any atom is -0.341 e. The Hall–Kier alpha value is -1.28. The molecule has 106 valence electrons. The molecule has 0 amide bonds. The van der Waals surface area contributed by atoms with Gasteiger partial charge in [0.15, 0.2) is 0 Å². The van der Waals surface area contributed by atoms with E-state index in [0.29, 0.717) is 0 Å². The number of hydrogen-bond acceptors (Lipinski definition) is 1. The van der Waals surface area contributed by atoms with Gasteiger partial charge in [0.1, 0.15) is 0 Å². The number of rotatable bonds is 7. The summed E-state index contributed by atoms with van der Waals surface area (Å²) in [6.07, 6.45) is 5.12. The van der Waals surface area contributed by atoms with Crippen molar-refractivity contribution in [2.45, 2.75) is 32.6 Å². The van der Waals surface area contributed by atoms with Gasteiger partial charge in [-0.2, -0.15) is 0 Å². The molecule has 0 fully saturated rings. The number of anilines is 2. The monoisotopic (exact) mass is 331 g/mol. The second kappa shape index (κ2) is 8.11. The van der Waals surface area contributed by atoms with Gasteiger partial charge in [0.05, 0.1) is 5.69 Å². The molecule has 1 nitrogen and oxygen atoms in total. The molecule has 0 bridgehead atoms. The third-order valence-corrected chi connectivity index (χ3v) is 4.12. The van der Waals surface area contributed by atoms with Crippen molar-refractivity contribution in [1.29, 1.82) is 0 Å². The second-order valence-corrected chi connectivity index (χ2v) is 5.85. The fourth-order valence-corrected chi connectivity index (χ4v) is 2.86. The van der Waals surface area contributed by atoms with Crippen molar-refractivity contribution in [1.82, 2.24) is 0 Å². The molecule has 0 saturated carbocycles. The summed E-state index contributed by atoms with van der Waals surface area (Å²) in [6, 6.07) is 19.1. The first-order chi connectivity index (χ1) is 9.83. The zero-order valence-corrected chi connectivity index (χ0v) is 13.6. The Labute approximate surface area is 130 Å². The quantitative estimate of drug-likeness (QED) is 0.548. The SMILES string of the molecule is CCCCCCN(c1ccccc1)c1ccccc1Br. The summed E-state index contributed by atoms with van der Waals surface area (Å²) >= 11 is 3.68. The topological polar surface area (TPSA) is 3.24 Å². The van der Waals surface area contributed by atoms with E-state index >= 15 is 0 Å². The van der Waals surface area contributed by atoms with Crippen LogP contribution in [0.4, 0.5) is 11.4 Å². The van der Waals surface area contributed by atoms with Gasteiger partial charge in [-0.1, -0.05) is 56.5 Å². The first-order valence-corrected chi connectivity index (χ1v) is 8.19. The summed E-state index contributed by atoms with van der Waals surface area (Å²) < 4.78 is 1.15. The number of para-hydroxylation sites is 2. The van der Waals surface area contributed by atoms with Crippen molar-refractivity contribution in [3.63, 3.8) is 0 Å². The lowest BCUT2D eigenvalue weighted by atomic mass is 10.1. The lowest BCUT2D eigenvalue weighted by Crippen LogP contribution is -2.18. The van der Waals surface area contributed by atoms with E-state index in [2.05, 4.69) is 82.4 Å². The standard InChI is InChI=1S/C18H22BrN/c1-2-3-4-10-15-20(16-11-6-5-7-12-16)18-14-9-8-13-17(18)19/h5-9,11-14H,2-4,10,15H2,1H3. The van der Waals surface area contributed by atoms with Gasteiger partial charge < -0.3 is 4.90 Å². The third-order valence-electron chi connectivity index (χ3n) is 3.45. The van der Waals surface area contributed by atoms with E-state index in [1.165, 1.54) is 37.1 Å². The minimum absolute atomic E-state index is 1.06. The zero-order valence-electron chi connectivity index (χ0n) is 12.1. The zero-order chi connectivity index (χ0) is 14.2. The van der Waals surface area contributed by atoms with Crippen LogP contribution in [0.2, 0.25) is 0 Å². The fraction of sp³-hybridized carbons (Fsp3) is 0.333. The predicted octanol–water partition coefficient (Wildman–Crippen LogP) is 6.17. The molecule has 2 aromatic carbocycles. The van der Waals surface area contributed by atoms with Gasteiger partial charge >= 0.3 is 0 Å². The number of hydrogen-bond donors (Lipinski definition) is 0. The summed E-state index contributed by atoms with van der Waals surface area (Å²) in [7, 11) is 0. The van der Waals surface area contributed by atoms with E-state index in [1.54, 1.807) is 0 Å². The van der Waals surface area contributed by atoms with E-state index in [0.717, 1.165) is 11.0 Å². The van der Waals surface area contributed by atoms with Gasteiger partial charge in [-0.25, -0.2) is 0 Å². The van der Waals surface area contributed by atoms with Gasteiger partial charge in [-0.15, -0.1) is 0 Å². The third kappa shape index (κ3) is 4.11. The van der Waals surface area contributed by atoms with Gasteiger partial charge in [0.2, 0.25) is 0 Å². The van der Waals surface area contributed by atoms with Crippen LogP contribution in [0.15, 0.2) is 59.1 Å². The van der Waals surface area contributed by atoms with Crippen LogP contribution in [0.3, 0.4) is 0 Å². The molecule has 2 heteroatoms. The average Bonchev–Trinajstić information content (AvgIpc) is 2.49. The second-order valence-electron chi connectivity index (χ2n) is 5.00. The first kappa shape index (κ1) is 15.1. The van der Waals surface area contributed by atoms with Crippen LogP contribution in [0.5, 0.6) is 0 Å². The molecule has 0 unspecified atom stereocenters. The normalized spacial score (nSPS) is 10.5. The highest BCUT2D eigenvalue weighted by molar-refractivity contribution is 9.10. The van der Waals surface area contributed by atoms with Crippen molar-refractivity contribution < 1.29 is 0 Å². The molecule has 0 aliphatic carbocycles. The van der Waals surface area contributed by atoms with Crippen LogP contribution < -0.4 is 4.90 Å². The van der Waals surface area contributed by atoms with Crippen molar-refractivity contribution in [3.05, 3.63) is 59.1 Å². The smallest absolute Gasteiger partial charge is 0.0555 e. The largest absolute Gasteiger partial charge is 0.341 e. The molecule has 0 saturated heterocycles. The van der Waals surface area contributed by atoms with Crippen molar-refractivity contribution in [3.8, 4) is 0 Å². The van der Waals surface area contributed by atoms with Gasteiger partial charge in [-0.3, -0.25) is 0 Å². The Morgan fingerprint density at radius 2 is 1.55 bits per heavy atom. The lowest BCUT2D eigenvalue weighted by molar-refractivity contribution is 0.668. The maximum Gasteiger partial charge on any atom is 0.0555 e. The highest BCUT2D eigenvalue weighted by Crippen LogP contribution is 2.32. The molecule has 0 heterocycles. The van der Waals surface area contributed by atoms with Crippen LogP contribution in [0.1, 0.15) is 32.6 Å². The molecule has 0 N–H and O–H groups in total. The lowest BCUT2D eigenvalue weighted by Gasteiger charge is -2.26.